The van der Waals surface area contributed by atoms with Gasteiger partial charge in [-0.2, -0.15) is 4.98 Å². The number of hydrogen-bond donors (Lipinski definition) is 1. The van der Waals surface area contributed by atoms with Crippen LogP contribution in [0.1, 0.15) is 18.5 Å². The summed E-state index contributed by atoms with van der Waals surface area (Å²) in [6, 6.07) is 18.5. The van der Waals surface area contributed by atoms with Gasteiger partial charge < -0.3 is 10.2 Å². The van der Waals surface area contributed by atoms with Gasteiger partial charge in [-0.15, -0.1) is 0 Å². The normalized spacial score (nSPS) is 12.1. The summed E-state index contributed by atoms with van der Waals surface area (Å²) >= 11 is 0. The third-order valence-corrected chi connectivity index (χ3v) is 4.58. The highest BCUT2D eigenvalue weighted by Gasteiger charge is 2.10. The number of anilines is 2. The van der Waals surface area contributed by atoms with E-state index in [1.54, 1.807) is 12.5 Å². The molecule has 0 amide bonds. The summed E-state index contributed by atoms with van der Waals surface area (Å²) in [4.78, 5) is 15.6. The molecule has 6 nitrogen and oxygen atoms in total. The lowest BCUT2D eigenvalue weighted by Gasteiger charge is -2.15. The maximum absolute atomic E-state index is 4.68. The Labute approximate surface area is 158 Å². The average molecular weight is 358 g/mol. The number of hydrogen-bond acceptors (Lipinski definition) is 5. The van der Waals surface area contributed by atoms with Crippen molar-refractivity contribution in [1.29, 1.82) is 0 Å². The Balaban J connectivity index is 1.64. The highest BCUT2D eigenvalue weighted by Crippen LogP contribution is 2.23. The summed E-state index contributed by atoms with van der Waals surface area (Å²) in [5.41, 5.74) is 4.26. The standard InChI is InChI=1S/C21H22N6/c1-15(16-7-5-4-6-8-16)24-21-22-12-11-20(25-21)27-14-23-18-13-17(26(2)3)9-10-19(18)27/h4-15H,1-3H3,(H,22,24,25)/t15-/m0/s1. The SMILES string of the molecule is C[C@H](Nc1nccc(-n2cnc3cc(N(C)C)ccc32)n1)c1ccccc1. The second-order valence-electron chi connectivity index (χ2n) is 6.70. The molecule has 4 rings (SSSR count). The van der Waals surface area contributed by atoms with Crippen molar-refractivity contribution in [2.24, 2.45) is 0 Å². The Morgan fingerprint density at radius 2 is 1.81 bits per heavy atom. The van der Waals surface area contributed by atoms with Crippen LogP contribution in [0.2, 0.25) is 0 Å². The molecule has 0 bridgehead atoms. The Kier molecular flexibility index (Phi) is 4.46. The summed E-state index contributed by atoms with van der Waals surface area (Å²) in [6.07, 6.45) is 3.57. The van der Waals surface area contributed by atoms with Gasteiger partial charge in [0.25, 0.3) is 0 Å². The van der Waals surface area contributed by atoms with Gasteiger partial charge in [-0.3, -0.25) is 4.57 Å². The van der Waals surface area contributed by atoms with Crippen molar-refractivity contribution in [2.45, 2.75) is 13.0 Å². The molecule has 0 aliphatic heterocycles. The molecule has 1 atom stereocenters. The number of rotatable bonds is 5. The highest BCUT2D eigenvalue weighted by atomic mass is 15.2. The van der Waals surface area contributed by atoms with Crippen LogP contribution < -0.4 is 10.2 Å². The lowest BCUT2D eigenvalue weighted by atomic mass is 10.1. The maximum atomic E-state index is 4.68. The molecule has 6 heteroatoms. The summed E-state index contributed by atoms with van der Waals surface area (Å²) in [5, 5.41) is 3.37. The molecule has 2 heterocycles. The molecule has 4 aromatic rings. The first-order valence-electron chi connectivity index (χ1n) is 8.91. The van der Waals surface area contributed by atoms with Crippen molar-refractivity contribution in [1.82, 2.24) is 19.5 Å². The van der Waals surface area contributed by atoms with Crippen LogP contribution in [-0.2, 0) is 0 Å². The van der Waals surface area contributed by atoms with Crippen LogP contribution in [0.3, 0.4) is 0 Å². The number of imidazole rings is 1. The predicted molar refractivity (Wildman–Crippen MR) is 109 cm³/mol. The van der Waals surface area contributed by atoms with Gasteiger partial charge in [0.1, 0.15) is 12.1 Å². The van der Waals surface area contributed by atoms with Gasteiger partial charge in [0.2, 0.25) is 5.95 Å². The molecule has 2 aromatic carbocycles. The Hall–Kier alpha value is -3.41. The zero-order valence-electron chi connectivity index (χ0n) is 15.7. The van der Waals surface area contributed by atoms with Crippen LogP contribution in [0, 0.1) is 0 Å². The van der Waals surface area contributed by atoms with E-state index in [1.807, 2.05) is 42.9 Å². The van der Waals surface area contributed by atoms with Crippen LogP contribution >= 0.6 is 0 Å². The fourth-order valence-corrected chi connectivity index (χ4v) is 3.03. The Bertz CT molecular complexity index is 1050. The van der Waals surface area contributed by atoms with Crippen LogP contribution in [0.4, 0.5) is 11.6 Å². The molecule has 0 saturated heterocycles. The summed E-state index contributed by atoms with van der Waals surface area (Å²) < 4.78 is 1.98. The molecule has 1 N–H and O–H groups in total. The van der Waals surface area contributed by atoms with Gasteiger partial charge in [0, 0.05) is 26.0 Å². The molecular formula is C21H22N6. The molecule has 0 fully saturated rings. The number of nitrogens with zero attached hydrogens (tertiary/aromatic N) is 5. The van der Waals surface area contributed by atoms with Gasteiger partial charge in [-0.25, -0.2) is 9.97 Å². The first kappa shape index (κ1) is 17.0. The summed E-state index contributed by atoms with van der Waals surface area (Å²) in [5.74, 6) is 1.38. The molecule has 0 spiro atoms. The third-order valence-electron chi connectivity index (χ3n) is 4.58. The fourth-order valence-electron chi connectivity index (χ4n) is 3.03. The van der Waals surface area contributed by atoms with Gasteiger partial charge in [0.05, 0.1) is 17.1 Å². The van der Waals surface area contributed by atoms with E-state index in [4.69, 9.17) is 0 Å². The first-order valence-corrected chi connectivity index (χ1v) is 8.91. The van der Waals surface area contributed by atoms with E-state index >= 15 is 0 Å². The second kappa shape index (κ2) is 7.07. The lowest BCUT2D eigenvalue weighted by molar-refractivity contribution is 0.854. The smallest absolute Gasteiger partial charge is 0.225 e. The fraction of sp³-hybridized carbons (Fsp3) is 0.190. The molecule has 0 aliphatic rings. The van der Waals surface area contributed by atoms with Crippen LogP contribution in [0.5, 0.6) is 0 Å². The molecule has 136 valence electrons. The van der Waals surface area contributed by atoms with Crippen molar-refractivity contribution in [3.8, 4) is 5.82 Å². The number of nitrogens with one attached hydrogen (secondary N) is 1. The second-order valence-corrected chi connectivity index (χ2v) is 6.70. The maximum Gasteiger partial charge on any atom is 0.225 e. The zero-order valence-corrected chi connectivity index (χ0v) is 15.7. The van der Waals surface area contributed by atoms with E-state index in [0.717, 1.165) is 22.5 Å². The van der Waals surface area contributed by atoms with Crippen molar-refractivity contribution >= 4 is 22.7 Å². The van der Waals surface area contributed by atoms with Crippen LogP contribution in [0.25, 0.3) is 16.9 Å². The number of aromatic nitrogens is 4. The average Bonchev–Trinajstić information content (AvgIpc) is 3.12. The van der Waals surface area contributed by atoms with Gasteiger partial charge in [0.15, 0.2) is 0 Å². The number of fused-ring (bicyclic) bond motifs is 1. The molecule has 0 radical (unpaired) electrons. The molecule has 27 heavy (non-hydrogen) atoms. The minimum absolute atomic E-state index is 0.114. The Morgan fingerprint density at radius 3 is 2.59 bits per heavy atom. The molecular weight excluding hydrogens is 336 g/mol. The minimum Gasteiger partial charge on any atom is -0.378 e. The molecule has 0 unspecified atom stereocenters. The number of benzene rings is 2. The van der Waals surface area contributed by atoms with Crippen molar-refractivity contribution in [3.05, 3.63) is 72.7 Å². The van der Waals surface area contributed by atoms with Crippen molar-refractivity contribution < 1.29 is 0 Å². The molecule has 2 aromatic heterocycles. The minimum atomic E-state index is 0.114. The molecule has 0 aliphatic carbocycles. The van der Waals surface area contributed by atoms with Gasteiger partial charge in [-0.05, 0) is 36.8 Å². The Morgan fingerprint density at radius 1 is 1.00 bits per heavy atom. The van der Waals surface area contributed by atoms with Gasteiger partial charge in [-0.1, -0.05) is 30.3 Å². The van der Waals surface area contributed by atoms with Crippen LogP contribution in [-0.4, -0.2) is 33.6 Å². The van der Waals surface area contributed by atoms with E-state index in [0.29, 0.717) is 5.95 Å². The summed E-state index contributed by atoms with van der Waals surface area (Å²) in [7, 11) is 4.04. The van der Waals surface area contributed by atoms with E-state index < -0.39 is 0 Å². The monoisotopic (exact) mass is 358 g/mol. The topological polar surface area (TPSA) is 58.9 Å². The van der Waals surface area contributed by atoms with Crippen molar-refractivity contribution in [2.75, 3.05) is 24.3 Å². The first-order chi connectivity index (χ1) is 13.1. The third kappa shape index (κ3) is 3.46. The zero-order chi connectivity index (χ0) is 18.8. The quantitative estimate of drug-likeness (QED) is 0.583. The van der Waals surface area contributed by atoms with Crippen LogP contribution in [0.15, 0.2) is 67.1 Å². The highest BCUT2D eigenvalue weighted by molar-refractivity contribution is 5.81. The van der Waals surface area contributed by atoms with Crippen molar-refractivity contribution in [3.63, 3.8) is 0 Å². The van der Waals surface area contributed by atoms with E-state index in [-0.39, 0.29) is 6.04 Å². The van der Waals surface area contributed by atoms with E-state index in [1.165, 1.54) is 5.56 Å². The largest absolute Gasteiger partial charge is 0.378 e. The van der Waals surface area contributed by atoms with E-state index in [2.05, 4.69) is 62.4 Å². The summed E-state index contributed by atoms with van der Waals surface area (Å²) in [6.45, 7) is 2.10. The van der Waals surface area contributed by atoms with E-state index in [9.17, 15) is 0 Å². The molecule has 0 saturated carbocycles. The van der Waals surface area contributed by atoms with Gasteiger partial charge >= 0.3 is 0 Å². The predicted octanol–water partition coefficient (Wildman–Crippen LogP) is 4.05. The lowest BCUT2D eigenvalue weighted by Crippen LogP contribution is -2.10.